The van der Waals surface area contributed by atoms with Gasteiger partial charge in [-0.2, -0.15) is 16.7 Å². The molecule has 0 aliphatic rings. The number of hydrogen-bond donors (Lipinski definition) is 1. The van der Waals surface area contributed by atoms with Crippen LogP contribution in [0.1, 0.15) is 22.5 Å². The molecule has 0 radical (unpaired) electrons. The fourth-order valence-corrected chi connectivity index (χ4v) is 3.27. The molecule has 0 saturated carbocycles. The topological polar surface area (TPSA) is 73.1 Å². The molecule has 0 aliphatic heterocycles. The number of anilines is 1. The van der Waals surface area contributed by atoms with Gasteiger partial charge in [-0.3, -0.25) is 4.98 Å². The number of thioether (sulfide) groups is 1. The maximum absolute atomic E-state index is 5.44. The lowest BCUT2D eigenvalue weighted by atomic mass is 10.1. The molecule has 0 aliphatic carbocycles. The van der Waals surface area contributed by atoms with Crippen molar-refractivity contribution in [2.75, 3.05) is 24.7 Å². The maximum Gasteiger partial charge on any atom is 0.225 e. The molecule has 26 heavy (non-hydrogen) atoms. The van der Waals surface area contributed by atoms with Gasteiger partial charge in [0.2, 0.25) is 11.8 Å². The molecule has 3 aromatic rings. The van der Waals surface area contributed by atoms with Crippen molar-refractivity contribution in [1.29, 1.82) is 0 Å². The quantitative estimate of drug-likeness (QED) is 0.576. The number of rotatable bonds is 9. The van der Waals surface area contributed by atoms with Gasteiger partial charge in [-0.25, -0.2) is 4.98 Å². The molecule has 7 heteroatoms. The highest BCUT2D eigenvalue weighted by Gasteiger charge is 2.09. The van der Waals surface area contributed by atoms with Crippen LogP contribution >= 0.6 is 11.8 Å². The second-order valence-electron chi connectivity index (χ2n) is 5.83. The van der Waals surface area contributed by atoms with Crippen LogP contribution in [0.2, 0.25) is 0 Å². The fraction of sp³-hybridized carbons (Fsp3) is 0.316. The highest BCUT2D eigenvalue weighted by atomic mass is 32.2. The van der Waals surface area contributed by atoms with E-state index in [9.17, 15) is 0 Å². The van der Waals surface area contributed by atoms with E-state index >= 15 is 0 Å². The van der Waals surface area contributed by atoms with E-state index in [2.05, 4.69) is 26.3 Å². The zero-order valence-electron chi connectivity index (χ0n) is 14.9. The molecule has 1 N–H and O–H groups in total. The number of aryl methyl sites for hydroxylation is 1. The summed E-state index contributed by atoms with van der Waals surface area (Å²) in [6.45, 7) is 2.80. The van der Waals surface area contributed by atoms with Crippen LogP contribution < -0.4 is 10.1 Å². The molecule has 3 heterocycles. The monoisotopic (exact) mass is 370 g/mol. The molecule has 6 nitrogen and oxygen atoms in total. The molecule has 0 bridgehead atoms. The van der Waals surface area contributed by atoms with Crippen molar-refractivity contribution in [2.24, 2.45) is 0 Å². The number of aromatic nitrogens is 3. The second-order valence-corrected chi connectivity index (χ2v) is 6.94. The summed E-state index contributed by atoms with van der Waals surface area (Å²) >= 11 is 1.80. The van der Waals surface area contributed by atoms with E-state index in [1.54, 1.807) is 25.1 Å². The van der Waals surface area contributed by atoms with Crippen molar-refractivity contribution in [3.8, 4) is 5.88 Å². The number of furan rings is 1. The molecule has 3 rings (SSSR count). The van der Waals surface area contributed by atoms with Gasteiger partial charge in [-0.05, 0) is 30.2 Å². The minimum atomic E-state index is 0.576. The van der Waals surface area contributed by atoms with Crippen LogP contribution in [-0.4, -0.2) is 34.4 Å². The zero-order chi connectivity index (χ0) is 18.2. The summed E-state index contributed by atoms with van der Waals surface area (Å²) in [4.78, 5) is 13.1. The van der Waals surface area contributed by atoms with Crippen molar-refractivity contribution in [2.45, 2.75) is 19.1 Å². The number of nitrogens with zero attached hydrogens (tertiary/aromatic N) is 3. The molecule has 136 valence electrons. The Balaban J connectivity index is 1.52. The van der Waals surface area contributed by atoms with Crippen molar-refractivity contribution >= 4 is 17.7 Å². The van der Waals surface area contributed by atoms with Crippen molar-refractivity contribution < 1.29 is 9.15 Å². The summed E-state index contributed by atoms with van der Waals surface area (Å²) < 4.78 is 10.7. The smallest absolute Gasteiger partial charge is 0.225 e. The molecule has 0 amide bonds. The average molecular weight is 370 g/mol. The number of pyridine rings is 1. The molecule has 0 aromatic carbocycles. The van der Waals surface area contributed by atoms with E-state index in [1.807, 2.05) is 37.6 Å². The van der Waals surface area contributed by atoms with Gasteiger partial charge in [0.05, 0.1) is 19.1 Å². The number of ether oxygens (including phenoxy) is 1. The Labute approximate surface area is 157 Å². The Morgan fingerprint density at radius 1 is 1.27 bits per heavy atom. The number of nitrogens with one attached hydrogen (secondary N) is 1. The Bertz CT molecular complexity index is 824. The summed E-state index contributed by atoms with van der Waals surface area (Å²) in [5, 5.41) is 3.23. The Morgan fingerprint density at radius 3 is 2.96 bits per heavy atom. The average Bonchev–Trinajstić information content (AvgIpc) is 3.16. The van der Waals surface area contributed by atoms with Gasteiger partial charge in [-0.15, -0.1) is 0 Å². The summed E-state index contributed by atoms with van der Waals surface area (Å²) in [6, 6.07) is 5.99. The van der Waals surface area contributed by atoms with Crippen molar-refractivity contribution in [3.05, 3.63) is 65.5 Å². The van der Waals surface area contributed by atoms with E-state index in [1.165, 1.54) is 0 Å². The molecular weight excluding hydrogens is 348 g/mol. The largest absolute Gasteiger partial charge is 0.481 e. The van der Waals surface area contributed by atoms with Crippen LogP contribution in [-0.2, 0) is 12.2 Å². The van der Waals surface area contributed by atoms with Gasteiger partial charge >= 0.3 is 0 Å². The molecule has 0 unspecified atom stereocenters. The highest BCUT2D eigenvalue weighted by molar-refractivity contribution is 7.98. The lowest BCUT2D eigenvalue weighted by molar-refractivity contribution is 0.393. The minimum Gasteiger partial charge on any atom is -0.481 e. The van der Waals surface area contributed by atoms with Gasteiger partial charge in [0.1, 0.15) is 5.76 Å². The minimum absolute atomic E-state index is 0.576. The van der Waals surface area contributed by atoms with Crippen LogP contribution in [0.15, 0.2) is 47.5 Å². The molecule has 3 aromatic heterocycles. The maximum atomic E-state index is 5.44. The van der Waals surface area contributed by atoms with Gasteiger partial charge < -0.3 is 14.5 Å². The third-order valence-electron chi connectivity index (χ3n) is 3.70. The van der Waals surface area contributed by atoms with Crippen molar-refractivity contribution in [3.63, 3.8) is 0 Å². The van der Waals surface area contributed by atoms with Crippen LogP contribution in [0.3, 0.4) is 0 Å². The van der Waals surface area contributed by atoms with Gasteiger partial charge in [-0.1, -0.05) is 6.07 Å². The molecule has 0 fully saturated rings. The van der Waals surface area contributed by atoms with E-state index in [4.69, 9.17) is 9.15 Å². The normalized spacial score (nSPS) is 10.7. The third kappa shape index (κ3) is 5.23. The van der Waals surface area contributed by atoms with E-state index < -0.39 is 0 Å². The second kappa shape index (κ2) is 9.24. The molecule has 0 spiro atoms. The van der Waals surface area contributed by atoms with Crippen LogP contribution in [0.4, 0.5) is 5.95 Å². The third-order valence-corrected chi connectivity index (χ3v) is 4.68. The standard InChI is InChI=1S/C19H22N4O2S/c1-14-8-15(11-20-10-14)9-16-12-22-19(23-18(16)24-2)21-5-7-26-13-17-4-3-6-25-17/h3-4,6,8,10-12H,5,7,9,13H2,1-2H3,(H,21,22,23). The highest BCUT2D eigenvalue weighted by Crippen LogP contribution is 2.20. The van der Waals surface area contributed by atoms with E-state index in [0.717, 1.165) is 40.5 Å². The number of methoxy groups -OCH3 is 1. The first-order valence-corrected chi connectivity index (χ1v) is 9.54. The van der Waals surface area contributed by atoms with E-state index in [0.29, 0.717) is 18.2 Å². The summed E-state index contributed by atoms with van der Waals surface area (Å²) in [7, 11) is 1.63. The summed E-state index contributed by atoms with van der Waals surface area (Å²) in [6.07, 6.45) is 7.90. The lowest BCUT2D eigenvalue weighted by Crippen LogP contribution is -2.09. The predicted molar refractivity (Wildman–Crippen MR) is 104 cm³/mol. The van der Waals surface area contributed by atoms with E-state index in [-0.39, 0.29) is 0 Å². The lowest BCUT2D eigenvalue weighted by Gasteiger charge is -2.10. The Morgan fingerprint density at radius 2 is 2.19 bits per heavy atom. The van der Waals surface area contributed by atoms with Gasteiger partial charge in [0.25, 0.3) is 0 Å². The molecular formula is C19H22N4O2S. The first kappa shape index (κ1) is 18.3. The first-order valence-electron chi connectivity index (χ1n) is 8.39. The summed E-state index contributed by atoms with van der Waals surface area (Å²) in [5.74, 6) is 3.95. The Kier molecular flexibility index (Phi) is 6.49. The summed E-state index contributed by atoms with van der Waals surface area (Å²) in [5.41, 5.74) is 3.19. The Hall–Kier alpha value is -2.54. The SMILES string of the molecule is COc1nc(NCCSCc2ccco2)ncc1Cc1cncc(C)c1. The van der Waals surface area contributed by atoms with Crippen LogP contribution in [0, 0.1) is 6.92 Å². The number of hydrogen-bond acceptors (Lipinski definition) is 7. The van der Waals surface area contributed by atoms with Crippen LogP contribution in [0.25, 0.3) is 0 Å². The van der Waals surface area contributed by atoms with Crippen molar-refractivity contribution in [1.82, 2.24) is 15.0 Å². The predicted octanol–water partition coefficient (Wildman–Crippen LogP) is 3.72. The first-order chi connectivity index (χ1) is 12.7. The molecule has 0 saturated heterocycles. The van der Waals surface area contributed by atoms with Gasteiger partial charge in [0, 0.05) is 42.9 Å². The van der Waals surface area contributed by atoms with Gasteiger partial charge in [0.15, 0.2) is 0 Å². The molecule has 0 atom stereocenters. The fourth-order valence-electron chi connectivity index (χ4n) is 2.51. The van der Waals surface area contributed by atoms with Crippen LogP contribution in [0.5, 0.6) is 5.88 Å². The zero-order valence-corrected chi connectivity index (χ0v) is 15.8.